The topological polar surface area (TPSA) is 29.5 Å². The lowest BCUT2D eigenvalue weighted by Gasteiger charge is -2.19. The van der Waals surface area contributed by atoms with E-state index in [1.165, 1.54) is 5.56 Å². The summed E-state index contributed by atoms with van der Waals surface area (Å²) in [5.41, 5.74) is 1.99. The quantitative estimate of drug-likeness (QED) is 0.869. The lowest BCUT2D eigenvalue weighted by Crippen LogP contribution is -2.10. The number of hydrogen-bond acceptors (Lipinski definition) is 2. The molecule has 0 aromatic heterocycles. The molecule has 0 spiro atoms. The molecule has 0 aliphatic carbocycles. The summed E-state index contributed by atoms with van der Waals surface area (Å²) >= 11 is 6.06. The van der Waals surface area contributed by atoms with Crippen molar-refractivity contribution in [2.75, 3.05) is 0 Å². The third-order valence-corrected chi connectivity index (χ3v) is 3.48. The number of benzene rings is 2. The molecule has 0 saturated carbocycles. The van der Waals surface area contributed by atoms with E-state index < -0.39 is 0 Å². The van der Waals surface area contributed by atoms with Crippen LogP contribution >= 0.6 is 11.6 Å². The lowest BCUT2D eigenvalue weighted by molar-refractivity contribution is 0.282. The highest BCUT2D eigenvalue weighted by molar-refractivity contribution is 6.31. The van der Waals surface area contributed by atoms with Gasteiger partial charge in [0.25, 0.3) is 0 Å². The largest absolute Gasteiger partial charge is 0.457 e. The van der Waals surface area contributed by atoms with Crippen molar-refractivity contribution >= 4 is 11.6 Å². The summed E-state index contributed by atoms with van der Waals surface area (Å²) in [6.45, 7) is 6.43. The summed E-state index contributed by atoms with van der Waals surface area (Å²) in [5.74, 6) is 1.45. The number of aliphatic hydroxyl groups is 1. The van der Waals surface area contributed by atoms with Gasteiger partial charge in [-0.15, -0.1) is 0 Å². The maximum Gasteiger partial charge on any atom is 0.128 e. The molecule has 3 heteroatoms. The fourth-order valence-corrected chi connectivity index (χ4v) is 2.11. The van der Waals surface area contributed by atoms with E-state index in [0.717, 1.165) is 5.75 Å². The Morgan fingerprint density at radius 2 is 1.75 bits per heavy atom. The first-order valence-corrected chi connectivity index (χ1v) is 6.95. The number of rotatable bonds is 3. The minimum absolute atomic E-state index is 0.0708. The molecule has 20 heavy (non-hydrogen) atoms. The summed E-state index contributed by atoms with van der Waals surface area (Å²) in [4.78, 5) is 0. The molecule has 0 fully saturated rings. The van der Waals surface area contributed by atoms with Crippen molar-refractivity contribution < 1.29 is 9.84 Å². The fraction of sp³-hybridized carbons (Fsp3) is 0.294. The molecule has 0 saturated heterocycles. The Hall–Kier alpha value is -1.51. The summed E-state index contributed by atoms with van der Waals surface area (Å²) in [6.07, 6.45) is 0. The Kier molecular flexibility index (Phi) is 4.36. The van der Waals surface area contributed by atoms with Crippen LogP contribution < -0.4 is 4.74 Å². The van der Waals surface area contributed by atoms with Gasteiger partial charge in [0.1, 0.15) is 11.5 Å². The van der Waals surface area contributed by atoms with Crippen LogP contribution in [0.1, 0.15) is 31.9 Å². The van der Waals surface area contributed by atoms with Crippen molar-refractivity contribution in [3.63, 3.8) is 0 Å². The van der Waals surface area contributed by atoms with Crippen LogP contribution in [0.2, 0.25) is 5.02 Å². The lowest BCUT2D eigenvalue weighted by atomic mass is 9.87. The van der Waals surface area contributed by atoms with Gasteiger partial charge in [-0.1, -0.05) is 50.6 Å². The van der Waals surface area contributed by atoms with Gasteiger partial charge in [0.05, 0.1) is 6.61 Å². The predicted octanol–water partition coefficient (Wildman–Crippen LogP) is 4.92. The number of ether oxygens (including phenoxy) is 1. The summed E-state index contributed by atoms with van der Waals surface area (Å²) in [7, 11) is 0. The Morgan fingerprint density at radius 3 is 2.35 bits per heavy atom. The highest BCUT2D eigenvalue weighted by Gasteiger charge is 2.14. The van der Waals surface area contributed by atoms with Gasteiger partial charge in [-0.05, 0) is 40.8 Å². The highest BCUT2D eigenvalue weighted by atomic mass is 35.5. The van der Waals surface area contributed by atoms with Crippen molar-refractivity contribution in [3.8, 4) is 11.5 Å². The van der Waals surface area contributed by atoms with Crippen molar-refractivity contribution in [2.45, 2.75) is 32.8 Å². The monoisotopic (exact) mass is 290 g/mol. The van der Waals surface area contributed by atoms with Gasteiger partial charge in [0.15, 0.2) is 0 Å². The second kappa shape index (κ2) is 5.86. The minimum Gasteiger partial charge on any atom is -0.457 e. The molecule has 106 valence electrons. The molecule has 0 radical (unpaired) electrons. The first-order valence-electron chi connectivity index (χ1n) is 6.58. The van der Waals surface area contributed by atoms with E-state index in [2.05, 4.69) is 26.8 Å². The van der Waals surface area contributed by atoms with Crippen LogP contribution in [0.5, 0.6) is 11.5 Å². The second-order valence-corrected chi connectivity index (χ2v) is 6.20. The molecule has 0 heterocycles. The zero-order chi connectivity index (χ0) is 14.8. The molecule has 2 aromatic rings. The van der Waals surface area contributed by atoms with Gasteiger partial charge in [-0.25, -0.2) is 0 Å². The Balaban J connectivity index is 2.24. The summed E-state index contributed by atoms with van der Waals surface area (Å²) in [5, 5.41) is 9.61. The molecule has 0 bridgehead atoms. The summed E-state index contributed by atoms with van der Waals surface area (Å²) in [6, 6.07) is 13.3. The van der Waals surface area contributed by atoms with Crippen molar-refractivity contribution in [2.24, 2.45) is 0 Å². The van der Waals surface area contributed by atoms with E-state index in [1.807, 2.05) is 18.2 Å². The van der Waals surface area contributed by atoms with E-state index in [0.29, 0.717) is 16.3 Å². The summed E-state index contributed by atoms with van der Waals surface area (Å²) < 4.78 is 5.83. The number of hydrogen-bond donors (Lipinski definition) is 1. The van der Waals surface area contributed by atoms with Crippen LogP contribution in [0.4, 0.5) is 0 Å². The van der Waals surface area contributed by atoms with E-state index >= 15 is 0 Å². The van der Waals surface area contributed by atoms with E-state index in [9.17, 15) is 0 Å². The average Bonchev–Trinajstić information content (AvgIpc) is 2.38. The number of aliphatic hydroxyl groups excluding tert-OH is 1. The first kappa shape index (κ1) is 14.9. The van der Waals surface area contributed by atoms with Gasteiger partial charge in [-0.2, -0.15) is 0 Å². The van der Waals surface area contributed by atoms with Crippen LogP contribution in [0, 0.1) is 0 Å². The molecule has 2 aromatic carbocycles. The molecule has 0 atom stereocenters. The Labute approximate surface area is 125 Å². The van der Waals surface area contributed by atoms with Crippen LogP contribution in [-0.4, -0.2) is 5.11 Å². The van der Waals surface area contributed by atoms with Gasteiger partial charge < -0.3 is 9.84 Å². The first-order chi connectivity index (χ1) is 9.40. The van der Waals surface area contributed by atoms with Crippen LogP contribution in [-0.2, 0) is 12.0 Å². The third-order valence-electron chi connectivity index (χ3n) is 3.13. The van der Waals surface area contributed by atoms with E-state index in [1.54, 1.807) is 18.2 Å². The van der Waals surface area contributed by atoms with Gasteiger partial charge >= 0.3 is 0 Å². The Bertz CT molecular complexity index is 600. The minimum atomic E-state index is -0.0708. The zero-order valence-corrected chi connectivity index (χ0v) is 12.7. The van der Waals surface area contributed by atoms with Crippen LogP contribution in [0.3, 0.4) is 0 Å². The average molecular weight is 291 g/mol. The predicted molar refractivity (Wildman–Crippen MR) is 82.6 cm³/mol. The van der Waals surface area contributed by atoms with Crippen LogP contribution in [0.25, 0.3) is 0 Å². The Morgan fingerprint density at radius 1 is 1.05 bits per heavy atom. The third kappa shape index (κ3) is 3.53. The normalized spacial score (nSPS) is 11.4. The maximum absolute atomic E-state index is 9.10. The molecular weight excluding hydrogens is 272 g/mol. The number of halogens is 1. The van der Waals surface area contributed by atoms with Crippen molar-refractivity contribution in [1.29, 1.82) is 0 Å². The molecular formula is C17H19ClO2. The molecule has 2 nitrogen and oxygen atoms in total. The smallest absolute Gasteiger partial charge is 0.128 e. The standard InChI is InChI=1S/C17H19ClO2/c1-17(2,3)13-5-4-6-14(9-13)20-15-8-7-12(11-19)16(18)10-15/h4-10,19H,11H2,1-3H3. The van der Waals surface area contributed by atoms with Crippen molar-refractivity contribution in [3.05, 3.63) is 58.6 Å². The molecule has 0 unspecified atom stereocenters. The molecule has 0 aliphatic heterocycles. The van der Waals surface area contributed by atoms with E-state index in [-0.39, 0.29) is 12.0 Å². The molecule has 1 N–H and O–H groups in total. The molecule has 0 amide bonds. The van der Waals surface area contributed by atoms with Gasteiger partial charge in [0, 0.05) is 5.02 Å². The highest BCUT2D eigenvalue weighted by Crippen LogP contribution is 2.30. The van der Waals surface area contributed by atoms with Crippen molar-refractivity contribution in [1.82, 2.24) is 0 Å². The second-order valence-electron chi connectivity index (χ2n) is 5.79. The van der Waals surface area contributed by atoms with Crippen LogP contribution in [0.15, 0.2) is 42.5 Å². The maximum atomic E-state index is 9.10. The fourth-order valence-electron chi connectivity index (χ4n) is 1.88. The molecule has 0 aliphatic rings. The SMILES string of the molecule is CC(C)(C)c1cccc(Oc2ccc(CO)c(Cl)c2)c1. The van der Waals surface area contributed by atoms with Gasteiger partial charge in [0.2, 0.25) is 0 Å². The van der Waals surface area contributed by atoms with Gasteiger partial charge in [-0.3, -0.25) is 0 Å². The zero-order valence-electron chi connectivity index (χ0n) is 12.0. The molecule has 2 rings (SSSR count). The van der Waals surface area contributed by atoms with E-state index in [4.69, 9.17) is 21.4 Å².